The van der Waals surface area contributed by atoms with Crippen LogP contribution in [0.4, 0.5) is 10.3 Å². The van der Waals surface area contributed by atoms with Gasteiger partial charge >= 0.3 is 0 Å². The van der Waals surface area contributed by atoms with E-state index in [2.05, 4.69) is 15.4 Å². The molecule has 0 saturated carbocycles. The highest BCUT2D eigenvalue weighted by atomic mass is 19.1. The van der Waals surface area contributed by atoms with Crippen LogP contribution in [0.3, 0.4) is 0 Å². The van der Waals surface area contributed by atoms with Crippen LogP contribution >= 0.6 is 0 Å². The number of anilines is 1. The van der Waals surface area contributed by atoms with E-state index < -0.39 is 0 Å². The summed E-state index contributed by atoms with van der Waals surface area (Å²) >= 11 is 0. The summed E-state index contributed by atoms with van der Waals surface area (Å²) in [4.78, 5) is 4.12. The molecule has 1 N–H and O–H groups in total. The van der Waals surface area contributed by atoms with E-state index in [1.54, 1.807) is 12.1 Å². The summed E-state index contributed by atoms with van der Waals surface area (Å²) in [6.07, 6.45) is 2.46. The third-order valence-electron chi connectivity index (χ3n) is 2.82. The van der Waals surface area contributed by atoms with Gasteiger partial charge in [-0.1, -0.05) is 12.1 Å². The molecule has 1 atom stereocenters. The first-order chi connectivity index (χ1) is 7.84. The molecular weight excluding hydrogens is 207 g/mol. The Bertz CT molecular complexity index is 491. The molecule has 82 valence electrons. The molecule has 2 aromatic rings. The van der Waals surface area contributed by atoms with E-state index in [1.165, 1.54) is 18.5 Å². The van der Waals surface area contributed by atoms with Gasteiger partial charge in [0.25, 0.3) is 0 Å². The maximum absolute atomic E-state index is 12.8. The van der Waals surface area contributed by atoms with Gasteiger partial charge < -0.3 is 5.32 Å². The second-order valence-electron chi connectivity index (χ2n) is 3.81. The summed E-state index contributed by atoms with van der Waals surface area (Å²) in [5, 5.41) is 7.36. The molecule has 0 bridgehead atoms. The van der Waals surface area contributed by atoms with Crippen molar-refractivity contribution in [3.8, 4) is 0 Å². The molecule has 5 heteroatoms. The van der Waals surface area contributed by atoms with Crippen molar-refractivity contribution in [1.29, 1.82) is 0 Å². The van der Waals surface area contributed by atoms with Crippen molar-refractivity contribution in [2.24, 2.45) is 0 Å². The fourth-order valence-electron chi connectivity index (χ4n) is 2.04. The Morgan fingerprint density at radius 2 is 2.12 bits per heavy atom. The smallest absolute Gasteiger partial charge is 0.221 e. The predicted octanol–water partition coefficient (Wildman–Crippen LogP) is 1.82. The molecule has 1 aliphatic rings. The second kappa shape index (κ2) is 3.59. The fourth-order valence-corrected chi connectivity index (χ4v) is 2.04. The molecule has 0 saturated heterocycles. The van der Waals surface area contributed by atoms with Gasteiger partial charge in [-0.05, 0) is 24.1 Å². The van der Waals surface area contributed by atoms with Crippen molar-refractivity contribution >= 4 is 5.95 Å². The van der Waals surface area contributed by atoms with Crippen LogP contribution in [-0.4, -0.2) is 21.3 Å². The van der Waals surface area contributed by atoms with Crippen molar-refractivity contribution in [3.05, 3.63) is 42.0 Å². The average Bonchev–Trinajstić information content (AvgIpc) is 2.78. The Hall–Kier alpha value is -1.91. The van der Waals surface area contributed by atoms with E-state index in [-0.39, 0.29) is 11.9 Å². The van der Waals surface area contributed by atoms with Crippen LogP contribution in [0.5, 0.6) is 0 Å². The van der Waals surface area contributed by atoms with Gasteiger partial charge in [0.1, 0.15) is 12.1 Å². The zero-order valence-corrected chi connectivity index (χ0v) is 8.60. The lowest BCUT2D eigenvalue weighted by atomic mass is 10.0. The van der Waals surface area contributed by atoms with Crippen molar-refractivity contribution in [2.75, 3.05) is 11.9 Å². The first kappa shape index (κ1) is 9.33. The van der Waals surface area contributed by atoms with E-state index in [9.17, 15) is 4.39 Å². The average molecular weight is 218 g/mol. The normalized spacial score (nSPS) is 18.9. The van der Waals surface area contributed by atoms with E-state index in [0.717, 1.165) is 24.5 Å². The predicted molar refractivity (Wildman–Crippen MR) is 57.7 cm³/mol. The fraction of sp³-hybridized carbons (Fsp3) is 0.273. The van der Waals surface area contributed by atoms with Crippen molar-refractivity contribution in [1.82, 2.24) is 14.8 Å². The summed E-state index contributed by atoms with van der Waals surface area (Å²) in [7, 11) is 0. The number of aromatic nitrogens is 3. The molecule has 0 aliphatic carbocycles. The highest BCUT2D eigenvalue weighted by Crippen LogP contribution is 2.27. The molecule has 1 aromatic heterocycles. The molecule has 0 amide bonds. The summed E-state index contributed by atoms with van der Waals surface area (Å²) < 4.78 is 14.7. The molecule has 0 spiro atoms. The Balaban J connectivity index is 2.00. The van der Waals surface area contributed by atoms with E-state index in [0.29, 0.717) is 0 Å². The number of rotatable bonds is 1. The molecular formula is C11H11FN4. The second-order valence-corrected chi connectivity index (χ2v) is 3.81. The van der Waals surface area contributed by atoms with Crippen LogP contribution in [0, 0.1) is 5.82 Å². The van der Waals surface area contributed by atoms with E-state index in [4.69, 9.17) is 0 Å². The maximum atomic E-state index is 12.8. The van der Waals surface area contributed by atoms with Gasteiger partial charge in [-0.3, -0.25) is 0 Å². The minimum absolute atomic E-state index is 0.152. The number of hydrogen-bond donors (Lipinski definition) is 1. The van der Waals surface area contributed by atoms with Crippen LogP contribution in [0.2, 0.25) is 0 Å². The van der Waals surface area contributed by atoms with Gasteiger partial charge in [0.2, 0.25) is 5.95 Å². The van der Waals surface area contributed by atoms with Crippen molar-refractivity contribution in [3.63, 3.8) is 0 Å². The zero-order valence-electron chi connectivity index (χ0n) is 8.60. The molecule has 1 unspecified atom stereocenters. The summed E-state index contributed by atoms with van der Waals surface area (Å²) in [6, 6.07) is 6.72. The number of nitrogens with zero attached hydrogens (tertiary/aromatic N) is 3. The summed E-state index contributed by atoms with van der Waals surface area (Å²) in [5.74, 6) is 0.567. The standard InChI is InChI=1S/C11H11FN4/c12-9-3-1-8(2-4-9)10-5-6-13-11-14-7-15-16(10)11/h1-4,7,10H,5-6H2,(H,13,14,15). The Morgan fingerprint density at radius 1 is 1.31 bits per heavy atom. The van der Waals surface area contributed by atoms with Gasteiger partial charge in [0.15, 0.2) is 0 Å². The van der Waals surface area contributed by atoms with Gasteiger partial charge in [-0.15, -0.1) is 0 Å². The first-order valence-electron chi connectivity index (χ1n) is 5.23. The van der Waals surface area contributed by atoms with Gasteiger partial charge in [0, 0.05) is 6.54 Å². The largest absolute Gasteiger partial charge is 0.354 e. The molecule has 3 rings (SSSR count). The highest BCUT2D eigenvalue weighted by Gasteiger charge is 2.22. The Labute approximate surface area is 92.1 Å². The van der Waals surface area contributed by atoms with Crippen molar-refractivity contribution in [2.45, 2.75) is 12.5 Å². The molecule has 1 aliphatic heterocycles. The third kappa shape index (κ3) is 1.44. The molecule has 0 radical (unpaired) electrons. The molecule has 4 nitrogen and oxygen atoms in total. The molecule has 0 fully saturated rings. The maximum Gasteiger partial charge on any atom is 0.221 e. The number of benzene rings is 1. The Morgan fingerprint density at radius 3 is 2.94 bits per heavy atom. The van der Waals surface area contributed by atoms with Gasteiger partial charge in [-0.25, -0.2) is 9.07 Å². The molecule has 2 heterocycles. The molecule has 16 heavy (non-hydrogen) atoms. The first-order valence-corrected chi connectivity index (χ1v) is 5.23. The summed E-state index contributed by atoms with van der Waals surface area (Å²) in [6.45, 7) is 0.862. The Kier molecular flexibility index (Phi) is 2.09. The number of nitrogens with one attached hydrogen (secondary N) is 1. The van der Waals surface area contributed by atoms with E-state index >= 15 is 0 Å². The topological polar surface area (TPSA) is 42.7 Å². The van der Waals surface area contributed by atoms with Crippen LogP contribution in [0.15, 0.2) is 30.6 Å². The minimum Gasteiger partial charge on any atom is -0.354 e. The van der Waals surface area contributed by atoms with Gasteiger partial charge in [-0.2, -0.15) is 10.1 Å². The zero-order chi connectivity index (χ0) is 11.0. The lowest BCUT2D eigenvalue weighted by Gasteiger charge is -2.24. The quantitative estimate of drug-likeness (QED) is 0.794. The third-order valence-corrected chi connectivity index (χ3v) is 2.82. The lowest BCUT2D eigenvalue weighted by molar-refractivity contribution is 0.479. The van der Waals surface area contributed by atoms with Crippen molar-refractivity contribution < 1.29 is 4.39 Å². The molecule has 1 aromatic carbocycles. The minimum atomic E-state index is -0.212. The van der Waals surface area contributed by atoms with E-state index in [1.807, 2.05) is 4.68 Å². The van der Waals surface area contributed by atoms with Crippen LogP contribution in [-0.2, 0) is 0 Å². The lowest BCUT2D eigenvalue weighted by Crippen LogP contribution is -2.24. The number of hydrogen-bond acceptors (Lipinski definition) is 3. The van der Waals surface area contributed by atoms with Crippen LogP contribution in [0.25, 0.3) is 0 Å². The SMILES string of the molecule is Fc1ccc(C2CCNc3ncnn32)cc1. The summed E-state index contributed by atoms with van der Waals surface area (Å²) in [5.41, 5.74) is 1.06. The highest BCUT2D eigenvalue weighted by molar-refractivity contribution is 5.31. The van der Waals surface area contributed by atoms with Gasteiger partial charge in [0.05, 0.1) is 6.04 Å². The number of fused-ring (bicyclic) bond motifs is 1. The number of halogens is 1. The monoisotopic (exact) mass is 218 g/mol. The van der Waals surface area contributed by atoms with Crippen LogP contribution in [0.1, 0.15) is 18.0 Å². The van der Waals surface area contributed by atoms with Crippen LogP contribution < -0.4 is 5.32 Å².